The second-order valence-electron chi connectivity index (χ2n) is 7.81. The van der Waals surface area contributed by atoms with Gasteiger partial charge >= 0.3 is 0 Å². The highest BCUT2D eigenvalue weighted by molar-refractivity contribution is 6.31. The number of amides is 1. The van der Waals surface area contributed by atoms with Gasteiger partial charge in [-0.05, 0) is 67.6 Å². The zero-order valence-corrected chi connectivity index (χ0v) is 17.2. The summed E-state index contributed by atoms with van der Waals surface area (Å²) in [7, 11) is 0. The molecular formula is C23H26ClFN2O2. The number of hydrogen-bond donors (Lipinski definition) is 0. The molecule has 1 amide bonds. The molecule has 1 saturated heterocycles. The predicted molar refractivity (Wildman–Crippen MR) is 112 cm³/mol. The molecule has 2 aromatic rings. The standard InChI is InChI=1S/C23H26ClFN2O2/c24-18-4-3-17-2-1-11-27(23(28)22(17)16-18)15-14-26-12-9-21(10-13-26)29-20-7-5-19(25)6-8-20/h3-8,16,21H,1-2,9-15H2. The number of halogens is 2. The van der Waals surface area contributed by atoms with E-state index < -0.39 is 0 Å². The molecule has 29 heavy (non-hydrogen) atoms. The summed E-state index contributed by atoms with van der Waals surface area (Å²) < 4.78 is 19.0. The number of aryl methyl sites for hydroxylation is 1. The molecule has 4 rings (SSSR count). The second-order valence-corrected chi connectivity index (χ2v) is 8.25. The molecule has 6 heteroatoms. The SMILES string of the molecule is O=C1c2cc(Cl)ccc2CCCN1CCN1CCC(Oc2ccc(F)cc2)CC1. The highest BCUT2D eigenvalue weighted by Crippen LogP contribution is 2.23. The van der Waals surface area contributed by atoms with Crippen molar-refractivity contribution in [3.63, 3.8) is 0 Å². The van der Waals surface area contributed by atoms with E-state index in [2.05, 4.69) is 4.90 Å². The van der Waals surface area contributed by atoms with Crippen molar-refractivity contribution >= 4 is 17.5 Å². The monoisotopic (exact) mass is 416 g/mol. The van der Waals surface area contributed by atoms with Crippen LogP contribution in [0.25, 0.3) is 0 Å². The molecule has 2 heterocycles. The Balaban J connectivity index is 1.27. The van der Waals surface area contributed by atoms with E-state index in [1.807, 2.05) is 17.0 Å². The summed E-state index contributed by atoms with van der Waals surface area (Å²) in [6.45, 7) is 4.26. The average molecular weight is 417 g/mol. The second kappa shape index (κ2) is 9.14. The van der Waals surface area contributed by atoms with Crippen molar-refractivity contribution in [3.05, 3.63) is 64.4 Å². The number of carbonyl (C=O) groups is 1. The van der Waals surface area contributed by atoms with E-state index in [0.29, 0.717) is 5.02 Å². The van der Waals surface area contributed by atoms with E-state index in [0.717, 1.165) is 75.3 Å². The Hall–Kier alpha value is -2.11. The van der Waals surface area contributed by atoms with Crippen LogP contribution >= 0.6 is 11.6 Å². The van der Waals surface area contributed by atoms with Gasteiger partial charge in [0.1, 0.15) is 17.7 Å². The number of nitrogens with zero attached hydrogens (tertiary/aromatic N) is 2. The van der Waals surface area contributed by atoms with E-state index in [1.165, 1.54) is 12.1 Å². The predicted octanol–water partition coefficient (Wildman–Crippen LogP) is 4.41. The van der Waals surface area contributed by atoms with Gasteiger partial charge in [0.25, 0.3) is 5.91 Å². The smallest absolute Gasteiger partial charge is 0.254 e. The van der Waals surface area contributed by atoms with Crippen LogP contribution in [-0.4, -0.2) is 54.5 Å². The fraction of sp³-hybridized carbons (Fsp3) is 0.435. The largest absolute Gasteiger partial charge is 0.490 e. The minimum absolute atomic E-state index is 0.0922. The molecule has 0 saturated carbocycles. The van der Waals surface area contributed by atoms with Crippen molar-refractivity contribution in [1.82, 2.24) is 9.80 Å². The van der Waals surface area contributed by atoms with Crippen LogP contribution in [0.15, 0.2) is 42.5 Å². The van der Waals surface area contributed by atoms with Crippen LogP contribution in [-0.2, 0) is 6.42 Å². The van der Waals surface area contributed by atoms with E-state index in [9.17, 15) is 9.18 Å². The third-order valence-electron chi connectivity index (χ3n) is 5.80. The molecule has 2 aliphatic heterocycles. The van der Waals surface area contributed by atoms with E-state index in [1.54, 1.807) is 18.2 Å². The fourth-order valence-corrected chi connectivity index (χ4v) is 4.30. The summed E-state index contributed by atoms with van der Waals surface area (Å²) in [5.74, 6) is 0.562. The van der Waals surface area contributed by atoms with Crippen molar-refractivity contribution in [2.24, 2.45) is 0 Å². The topological polar surface area (TPSA) is 32.8 Å². The van der Waals surface area contributed by atoms with Crippen LogP contribution < -0.4 is 4.74 Å². The van der Waals surface area contributed by atoms with Gasteiger partial charge < -0.3 is 14.5 Å². The molecule has 0 unspecified atom stereocenters. The molecular weight excluding hydrogens is 391 g/mol. The number of likely N-dealkylation sites (tertiary alicyclic amines) is 1. The Bertz CT molecular complexity index is 850. The third-order valence-corrected chi connectivity index (χ3v) is 6.04. The lowest BCUT2D eigenvalue weighted by Gasteiger charge is -2.33. The van der Waals surface area contributed by atoms with Gasteiger partial charge in [-0.3, -0.25) is 4.79 Å². The molecule has 0 atom stereocenters. The number of piperidine rings is 1. The first-order chi connectivity index (χ1) is 14.1. The van der Waals surface area contributed by atoms with Gasteiger partial charge in [-0.15, -0.1) is 0 Å². The summed E-state index contributed by atoms with van der Waals surface area (Å²) in [5, 5.41) is 0.613. The zero-order chi connectivity index (χ0) is 20.2. The first kappa shape index (κ1) is 20.2. The Morgan fingerprint density at radius 1 is 1.03 bits per heavy atom. The van der Waals surface area contributed by atoms with Gasteiger partial charge in [0.15, 0.2) is 0 Å². The van der Waals surface area contributed by atoms with Crippen molar-refractivity contribution in [2.45, 2.75) is 31.8 Å². The van der Waals surface area contributed by atoms with E-state index >= 15 is 0 Å². The van der Waals surface area contributed by atoms with Crippen LogP contribution in [0, 0.1) is 5.82 Å². The van der Waals surface area contributed by atoms with Gasteiger partial charge in [0, 0.05) is 43.3 Å². The van der Waals surface area contributed by atoms with Crippen molar-refractivity contribution in [3.8, 4) is 5.75 Å². The molecule has 4 nitrogen and oxygen atoms in total. The molecule has 0 N–H and O–H groups in total. The molecule has 0 spiro atoms. The number of rotatable bonds is 5. The lowest BCUT2D eigenvalue weighted by atomic mass is 10.0. The highest BCUT2D eigenvalue weighted by atomic mass is 35.5. The van der Waals surface area contributed by atoms with E-state index in [-0.39, 0.29) is 17.8 Å². The van der Waals surface area contributed by atoms with Crippen molar-refractivity contribution in [2.75, 3.05) is 32.7 Å². The van der Waals surface area contributed by atoms with Crippen molar-refractivity contribution < 1.29 is 13.9 Å². The average Bonchev–Trinajstić information content (AvgIpc) is 2.88. The lowest BCUT2D eigenvalue weighted by Crippen LogP contribution is -2.43. The molecule has 0 radical (unpaired) electrons. The summed E-state index contributed by atoms with van der Waals surface area (Å²) in [6, 6.07) is 11.8. The molecule has 0 aromatic heterocycles. The zero-order valence-electron chi connectivity index (χ0n) is 16.4. The maximum absolute atomic E-state index is 13.0. The summed E-state index contributed by atoms with van der Waals surface area (Å²) >= 11 is 6.11. The maximum Gasteiger partial charge on any atom is 0.254 e. The van der Waals surface area contributed by atoms with Gasteiger partial charge in [-0.25, -0.2) is 4.39 Å². The van der Waals surface area contributed by atoms with Crippen LogP contribution in [0.2, 0.25) is 5.02 Å². The normalized spacial score (nSPS) is 18.4. The fourth-order valence-electron chi connectivity index (χ4n) is 4.13. The van der Waals surface area contributed by atoms with Crippen LogP contribution in [0.1, 0.15) is 35.2 Å². The van der Waals surface area contributed by atoms with Gasteiger partial charge in [0.05, 0.1) is 0 Å². The molecule has 0 bridgehead atoms. The number of carbonyl (C=O) groups excluding carboxylic acids is 1. The van der Waals surface area contributed by atoms with Crippen LogP contribution in [0.5, 0.6) is 5.75 Å². The Kier molecular flexibility index (Phi) is 6.36. The Morgan fingerprint density at radius 3 is 2.55 bits per heavy atom. The highest BCUT2D eigenvalue weighted by Gasteiger charge is 2.25. The third kappa shape index (κ3) is 5.09. The number of hydrogen-bond acceptors (Lipinski definition) is 3. The molecule has 2 aliphatic rings. The number of fused-ring (bicyclic) bond motifs is 1. The number of ether oxygens (including phenoxy) is 1. The molecule has 154 valence electrons. The first-order valence-corrected chi connectivity index (χ1v) is 10.7. The quantitative estimate of drug-likeness (QED) is 0.723. The van der Waals surface area contributed by atoms with Gasteiger partial charge in [-0.1, -0.05) is 17.7 Å². The van der Waals surface area contributed by atoms with Crippen LogP contribution in [0.3, 0.4) is 0 Å². The first-order valence-electron chi connectivity index (χ1n) is 10.3. The Labute approximate surface area is 176 Å². The van der Waals surface area contributed by atoms with Crippen molar-refractivity contribution in [1.29, 1.82) is 0 Å². The minimum atomic E-state index is -0.250. The molecule has 2 aromatic carbocycles. The van der Waals surface area contributed by atoms with E-state index in [4.69, 9.17) is 16.3 Å². The van der Waals surface area contributed by atoms with Gasteiger partial charge in [-0.2, -0.15) is 0 Å². The molecule has 1 fully saturated rings. The Morgan fingerprint density at radius 2 is 1.79 bits per heavy atom. The van der Waals surface area contributed by atoms with Gasteiger partial charge in [0.2, 0.25) is 0 Å². The minimum Gasteiger partial charge on any atom is -0.490 e. The maximum atomic E-state index is 13.0. The molecule has 0 aliphatic carbocycles. The lowest BCUT2D eigenvalue weighted by molar-refractivity contribution is 0.0687. The number of benzene rings is 2. The summed E-state index contributed by atoms with van der Waals surface area (Å²) in [4.78, 5) is 17.3. The van der Waals surface area contributed by atoms with Crippen LogP contribution in [0.4, 0.5) is 4.39 Å². The summed E-state index contributed by atoms with van der Waals surface area (Å²) in [5.41, 5.74) is 1.85. The summed E-state index contributed by atoms with van der Waals surface area (Å²) in [6.07, 6.45) is 3.92.